The minimum absolute atomic E-state index is 0.0772. The molecule has 0 radical (unpaired) electrons. The molecule has 12 N–H and O–H groups in total. The van der Waals surface area contributed by atoms with Crippen LogP contribution in [0.2, 0.25) is 0 Å². The van der Waals surface area contributed by atoms with Crippen molar-refractivity contribution in [3.05, 3.63) is 11.6 Å². The Bertz CT molecular complexity index is 2220. The van der Waals surface area contributed by atoms with Gasteiger partial charge < -0.3 is 109 Å². The van der Waals surface area contributed by atoms with Gasteiger partial charge in [0.25, 0.3) is 0 Å². The fraction of sp³-hybridized carbons (Fsp3) is 0.927. The van der Waals surface area contributed by atoms with Gasteiger partial charge in [0.1, 0.15) is 79.4 Å². The SMILES string of the molecule is COC(=O)[C@H]1O[C@@H](O[C@H]2CC[C@@]3(C)C(CC[C@]4(C)[C@@H]3CC=C3[C@@H]5C[C@](C)(C(=O)OC)C[C@@H](O[C@@H]6OC[C@H](O)[C@H](O)[C@H]6O)[C@]5(C)CC[C@]34C)[C@@]2(C)CO)[C@H](O[C@@H]2O[C@H](CO)[C@H](O)[C@H](O)[C@H]2O[C@@H]2O[C@@H](C)[C@H](O)[C@@H](O)[C@H]2O)[C@@H](O)[C@@H]1O. The lowest BCUT2D eigenvalue weighted by molar-refractivity contribution is -0.396. The summed E-state index contributed by atoms with van der Waals surface area (Å²) in [5.74, 6) is -1.70. The quantitative estimate of drug-likeness (QED) is 0.0595. The molecule has 0 aromatic heterocycles. The third-order valence-electron chi connectivity index (χ3n) is 21.9. The molecule has 4 aliphatic heterocycles. The Hall–Kier alpha value is -2.12. The number of fused-ring (bicyclic) bond motifs is 7. The maximum absolute atomic E-state index is 13.8. The van der Waals surface area contributed by atoms with Crippen LogP contribution in [-0.2, 0) is 57.0 Å². The molecular formula is C55H88O24. The smallest absolute Gasteiger partial charge is 0.337 e. The highest BCUT2D eigenvalue weighted by atomic mass is 16.8. The predicted molar refractivity (Wildman–Crippen MR) is 268 cm³/mol. The highest BCUT2D eigenvalue weighted by molar-refractivity contribution is 5.77. The third-order valence-corrected chi connectivity index (χ3v) is 21.9. The molecule has 0 aromatic rings. The lowest BCUT2D eigenvalue weighted by Crippen LogP contribution is -2.68. The van der Waals surface area contributed by atoms with Gasteiger partial charge in [-0.3, -0.25) is 4.79 Å². The zero-order valence-corrected chi connectivity index (χ0v) is 46.7. The summed E-state index contributed by atoms with van der Waals surface area (Å²) in [5, 5.41) is 131. The number of hydrogen-bond acceptors (Lipinski definition) is 24. The van der Waals surface area contributed by atoms with Crippen LogP contribution in [0.4, 0.5) is 0 Å². The molecule has 4 saturated carbocycles. The second kappa shape index (κ2) is 22.4. The number of allylic oxidation sites excluding steroid dienone is 2. The summed E-state index contributed by atoms with van der Waals surface area (Å²) in [4.78, 5) is 27.0. The molecule has 0 amide bonds. The zero-order chi connectivity index (χ0) is 57.9. The third kappa shape index (κ3) is 9.87. The summed E-state index contributed by atoms with van der Waals surface area (Å²) in [6.45, 7) is 12.9. The molecule has 30 atom stereocenters. The summed E-state index contributed by atoms with van der Waals surface area (Å²) in [5.41, 5.74) is -2.38. The number of aliphatic hydroxyl groups excluding tert-OH is 12. The van der Waals surface area contributed by atoms with E-state index in [1.54, 1.807) is 0 Å². The van der Waals surface area contributed by atoms with E-state index >= 15 is 0 Å². The van der Waals surface area contributed by atoms with E-state index in [-0.39, 0.29) is 54.2 Å². The number of aliphatic hydroxyl groups is 12. The fourth-order valence-electron chi connectivity index (χ4n) is 16.7. The van der Waals surface area contributed by atoms with Gasteiger partial charge in [-0.15, -0.1) is 0 Å². The number of carbonyl (C=O) groups excluding carboxylic acids is 2. The van der Waals surface area contributed by atoms with Gasteiger partial charge in [-0.05, 0) is 106 Å². The van der Waals surface area contributed by atoms with Crippen LogP contribution in [0.1, 0.15) is 106 Å². The molecule has 1 unspecified atom stereocenters. The minimum Gasteiger partial charge on any atom is -0.469 e. The number of carbonyl (C=O) groups is 2. The van der Waals surface area contributed by atoms with Gasteiger partial charge in [-0.1, -0.05) is 46.3 Å². The van der Waals surface area contributed by atoms with Crippen LogP contribution in [0.3, 0.4) is 0 Å². The van der Waals surface area contributed by atoms with Gasteiger partial charge in [0, 0.05) is 10.8 Å². The Morgan fingerprint density at radius 3 is 1.89 bits per heavy atom. The molecule has 0 aromatic carbocycles. The molecule has 4 heterocycles. The molecule has 5 aliphatic carbocycles. The van der Waals surface area contributed by atoms with E-state index < -0.39 is 163 Å². The van der Waals surface area contributed by atoms with Crippen LogP contribution in [-0.4, -0.2) is 236 Å². The highest BCUT2D eigenvalue weighted by Gasteiger charge is 2.71. The zero-order valence-electron chi connectivity index (χ0n) is 46.7. The van der Waals surface area contributed by atoms with E-state index in [4.69, 9.17) is 47.4 Å². The lowest BCUT2D eigenvalue weighted by Gasteiger charge is -2.72. The van der Waals surface area contributed by atoms with Crippen LogP contribution in [0.25, 0.3) is 0 Å². The summed E-state index contributed by atoms with van der Waals surface area (Å²) < 4.78 is 59.6. The lowest BCUT2D eigenvalue weighted by atomic mass is 9.33. The van der Waals surface area contributed by atoms with Crippen molar-refractivity contribution >= 4 is 11.9 Å². The number of methoxy groups -OCH3 is 2. The van der Waals surface area contributed by atoms with E-state index in [0.717, 1.165) is 20.0 Å². The maximum atomic E-state index is 13.8. The van der Waals surface area contributed by atoms with E-state index in [9.17, 15) is 70.9 Å². The number of rotatable bonds is 12. The van der Waals surface area contributed by atoms with E-state index in [1.807, 2.05) is 13.8 Å². The fourth-order valence-corrected chi connectivity index (χ4v) is 16.7. The summed E-state index contributed by atoms with van der Waals surface area (Å²) in [6.07, 6.45) is -25.6. The molecule has 24 heteroatoms. The monoisotopic (exact) mass is 1130 g/mol. The van der Waals surface area contributed by atoms with Crippen molar-refractivity contribution in [2.75, 3.05) is 34.0 Å². The summed E-state index contributed by atoms with van der Waals surface area (Å²) in [7, 11) is 2.44. The molecule has 8 fully saturated rings. The topological polar surface area (TPSA) is 369 Å². The average Bonchev–Trinajstić information content (AvgIpc) is 3.42. The van der Waals surface area contributed by atoms with Gasteiger partial charge in [0.05, 0.1) is 57.8 Å². The molecule has 452 valence electrons. The van der Waals surface area contributed by atoms with Crippen LogP contribution >= 0.6 is 0 Å². The van der Waals surface area contributed by atoms with Crippen LogP contribution in [0, 0.1) is 50.2 Å². The molecule has 9 aliphatic rings. The second-order valence-corrected chi connectivity index (χ2v) is 26.0. The van der Waals surface area contributed by atoms with E-state index in [1.165, 1.54) is 19.6 Å². The Labute approximate surface area is 460 Å². The normalized spacial score (nSPS) is 54.7. The first kappa shape index (κ1) is 61.4. The summed E-state index contributed by atoms with van der Waals surface area (Å²) >= 11 is 0. The molecule has 79 heavy (non-hydrogen) atoms. The molecule has 0 spiro atoms. The van der Waals surface area contributed by atoms with Crippen molar-refractivity contribution in [1.29, 1.82) is 0 Å². The largest absolute Gasteiger partial charge is 0.469 e. The average molecular weight is 1130 g/mol. The summed E-state index contributed by atoms with van der Waals surface area (Å²) in [6, 6.07) is 0. The Morgan fingerprint density at radius 1 is 0.608 bits per heavy atom. The van der Waals surface area contributed by atoms with Gasteiger partial charge in [0.2, 0.25) is 0 Å². The van der Waals surface area contributed by atoms with Gasteiger partial charge in [-0.2, -0.15) is 0 Å². The maximum Gasteiger partial charge on any atom is 0.337 e. The van der Waals surface area contributed by atoms with Gasteiger partial charge in [0.15, 0.2) is 31.3 Å². The Kier molecular flexibility index (Phi) is 17.4. The van der Waals surface area contributed by atoms with Gasteiger partial charge in [-0.25, -0.2) is 4.79 Å². The number of esters is 2. The van der Waals surface area contributed by atoms with Gasteiger partial charge >= 0.3 is 11.9 Å². The highest BCUT2D eigenvalue weighted by Crippen LogP contribution is 2.76. The van der Waals surface area contributed by atoms with E-state index in [0.29, 0.717) is 38.5 Å². The van der Waals surface area contributed by atoms with Crippen molar-refractivity contribution in [1.82, 2.24) is 0 Å². The van der Waals surface area contributed by atoms with Crippen molar-refractivity contribution in [2.45, 2.75) is 235 Å². The van der Waals surface area contributed by atoms with Crippen LogP contribution in [0.5, 0.6) is 0 Å². The van der Waals surface area contributed by atoms with Crippen LogP contribution in [0.15, 0.2) is 11.6 Å². The Morgan fingerprint density at radius 2 is 1.24 bits per heavy atom. The van der Waals surface area contributed by atoms with Crippen LogP contribution < -0.4 is 0 Å². The molecule has 0 bridgehead atoms. The first-order valence-corrected chi connectivity index (χ1v) is 28.1. The standard InChI is InChI=1S/C55H88O24/c1-23-32(59)35(62)40(67)46(73-23)78-42-36(63)34(61)27(20-56)74-47(42)79-43-38(65)37(64)41(44(68)70-8)77-48(43)75-30-13-14-52(4)28(53(30,5)22-57)12-15-55(7)29(52)11-10-24-25-18-50(2,49(69)71-9)19-31(51(25,3)16-17-54(24,55)6)76-45-39(66)33(60)26(58)21-72-45/h10,23,25-43,45-48,56-67H,11-22H2,1-9H3/t23-,25-,26-,27+,28?,29+,30-,31+,32-,33-,34-,35+,36-,37-,38-,39+,40+,41-,42+,43+,45-,46-,47-,48+,50-,51+,52-,53+,54+,55+/m0/s1. The van der Waals surface area contributed by atoms with Crippen molar-refractivity contribution in [3.63, 3.8) is 0 Å². The van der Waals surface area contributed by atoms with Crippen molar-refractivity contribution in [3.8, 4) is 0 Å². The van der Waals surface area contributed by atoms with E-state index in [2.05, 4.69) is 33.8 Å². The first-order valence-electron chi connectivity index (χ1n) is 28.1. The molecular weight excluding hydrogens is 1040 g/mol. The minimum atomic E-state index is -2.01. The van der Waals surface area contributed by atoms with Crippen molar-refractivity contribution < 1.29 is 118 Å². The number of ether oxygens (including phenoxy) is 10. The first-order chi connectivity index (χ1) is 37.0. The van der Waals surface area contributed by atoms with Crippen molar-refractivity contribution in [2.24, 2.45) is 50.2 Å². The molecule has 4 saturated heterocycles. The second-order valence-electron chi connectivity index (χ2n) is 26.0. The molecule has 9 rings (SSSR count). The Balaban J connectivity index is 1.00. The predicted octanol–water partition coefficient (Wildman–Crippen LogP) is -1.59. The molecule has 24 nitrogen and oxygen atoms in total. The number of hydrogen-bond donors (Lipinski definition) is 12.